The van der Waals surface area contributed by atoms with Gasteiger partial charge in [-0.2, -0.15) is 0 Å². The van der Waals surface area contributed by atoms with Crippen LogP contribution in [0.4, 0.5) is 0 Å². The summed E-state index contributed by atoms with van der Waals surface area (Å²) in [4.78, 5) is 0. The Morgan fingerprint density at radius 2 is 1.55 bits per heavy atom. The summed E-state index contributed by atoms with van der Waals surface area (Å²) in [6.45, 7) is 7.82. The first-order valence-electron chi connectivity index (χ1n) is 7.37. The van der Waals surface area contributed by atoms with E-state index in [9.17, 15) is 5.11 Å². The van der Waals surface area contributed by atoms with Gasteiger partial charge in [-0.05, 0) is 46.8 Å². The van der Waals surface area contributed by atoms with Crippen LogP contribution in [0.1, 0.15) is 27.2 Å². The zero-order chi connectivity index (χ0) is 16.7. The number of aliphatic hydroxyl groups is 1. The molecule has 0 amide bonds. The van der Waals surface area contributed by atoms with Gasteiger partial charge in [-0.3, -0.25) is 0 Å². The van der Waals surface area contributed by atoms with Gasteiger partial charge in [0.25, 0.3) is 0 Å². The van der Waals surface area contributed by atoms with Gasteiger partial charge in [0.1, 0.15) is 0 Å². The van der Waals surface area contributed by atoms with E-state index in [1.54, 1.807) is 30.4 Å². The molecule has 0 aromatic carbocycles. The molecule has 0 bridgehead atoms. The van der Waals surface area contributed by atoms with Crippen molar-refractivity contribution in [1.29, 1.82) is 0 Å². The Hall–Kier alpha value is 1.75. The van der Waals surface area contributed by atoms with Crippen LogP contribution in [0.25, 0.3) is 0 Å². The third-order valence-corrected chi connectivity index (χ3v) is 12.5. The minimum atomic E-state index is -2.47. The van der Waals surface area contributed by atoms with Crippen molar-refractivity contribution in [1.82, 2.24) is 0 Å². The number of alkyl halides is 1. The monoisotopic (exact) mass is 426 g/mol. The quantitative estimate of drug-likeness (QED) is 0.165. The second-order valence-corrected chi connectivity index (χ2v) is 13.3. The van der Waals surface area contributed by atoms with Crippen LogP contribution >= 0.6 is 52.8 Å². The third-order valence-electron chi connectivity index (χ3n) is 2.37. The molecule has 0 aromatic rings. The molecule has 0 aliphatic rings. The van der Waals surface area contributed by atoms with E-state index < -0.39 is 14.9 Å². The first-order valence-corrected chi connectivity index (χ1v) is 15.0. The fourth-order valence-corrected chi connectivity index (χ4v) is 10.8. The Morgan fingerprint density at radius 3 is 2.05 bits per heavy atom. The van der Waals surface area contributed by atoms with Gasteiger partial charge in [-0.25, -0.2) is 0 Å². The lowest BCUT2D eigenvalue weighted by Crippen LogP contribution is -2.46. The molecular formula is C12H27ClO4S4Si. The zero-order valence-corrected chi connectivity index (χ0v) is 18.4. The van der Waals surface area contributed by atoms with Crippen molar-refractivity contribution >= 4 is 61.6 Å². The zero-order valence-electron chi connectivity index (χ0n) is 13.4. The molecule has 4 nitrogen and oxygen atoms in total. The van der Waals surface area contributed by atoms with Crippen LogP contribution in [0, 0.1) is 0 Å². The molecule has 0 saturated heterocycles. The van der Waals surface area contributed by atoms with Crippen LogP contribution in [0.5, 0.6) is 0 Å². The summed E-state index contributed by atoms with van der Waals surface area (Å²) in [6, 6.07) is 0.860. The molecule has 0 fully saturated rings. The van der Waals surface area contributed by atoms with Gasteiger partial charge in [-0.1, -0.05) is 21.6 Å². The smallest absolute Gasteiger partial charge is 0.391 e. The molecule has 0 aliphatic heterocycles. The largest absolute Gasteiger partial charge is 0.500 e. The van der Waals surface area contributed by atoms with Gasteiger partial charge in [-0.15, -0.1) is 11.6 Å². The molecule has 0 radical (unpaired) electrons. The lowest BCUT2D eigenvalue weighted by Gasteiger charge is -2.28. The molecule has 0 rings (SSSR count). The number of halogens is 1. The minimum Gasteiger partial charge on any atom is -0.391 e. The molecule has 10 heteroatoms. The molecule has 0 aliphatic carbocycles. The Morgan fingerprint density at radius 1 is 1.00 bits per heavy atom. The Labute approximate surface area is 156 Å². The van der Waals surface area contributed by atoms with Gasteiger partial charge < -0.3 is 18.4 Å². The molecule has 0 saturated carbocycles. The van der Waals surface area contributed by atoms with E-state index in [1.165, 1.54) is 0 Å². The first-order chi connectivity index (χ1) is 10.6. The summed E-state index contributed by atoms with van der Waals surface area (Å²) in [6.07, 6.45) is 0.597. The maximum atomic E-state index is 9.32. The summed E-state index contributed by atoms with van der Waals surface area (Å²) < 4.78 is 17.5. The lowest BCUT2D eigenvalue weighted by molar-refractivity contribution is 0.0712. The van der Waals surface area contributed by atoms with Crippen LogP contribution in [-0.4, -0.2) is 57.2 Å². The highest BCUT2D eigenvalue weighted by molar-refractivity contribution is 9.26. The normalized spacial score (nSPS) is 13.5. The average molecular weight is 427 g/mol. The van der Waals surface area contributed by atoms with Crippen LogP contribution in [0.15, 0.2) is 0 Å². The highest BCUT2D eigenvalue weighted by atomic mass is 35.5. The van der Waals surface area contributed by atoms with E-state index in [0.717, 1.165) is 18.2 Å². The van der Waals surface area contributed by atoms with Crippen molar-refractivity contribution in [3.63, 3.8) is 0 Å². The highest BCUT2D eigenvalue weighted by Gasteiger charge is 2.39. The third kappa shape index (κ3) is 12.2. The summed E-state index contributed by atoms with van der Waals surface area (Å²) in [5.74, 6) is 1.99. The molecule has 1 atom stereocenters. The van der Waals surface area contributed by atoms with Gasteiger partial charge in [0.05, 0.1) is 6.10 Å². The Balaban J connectivity index is 3.79. The van der Waals surface area contributed by atoms with E-state index in [-0.39, 0.29) is 0 Å². The molecular weight excluding hydrogens is 400 g/mol. The SMILES string of the molecule is CCO[Si](CCCSSSSCC(O)CCl)(OCC)OCC. The van der Waals surface area contributed by atoms with Crippen molar-refractivity contribution in [2.24, 2.45) is 0 Å². The summed E-state index contributed by atoms with van der Waals surface area (Å²) in [7, 11) is 4.38. The molecule has 1 N–H and O–H groups in total. The van der Waals surface area contributed by atoms with Gasteiger partial charge in [0.15, 0.2) is 0 Å². The minimum absolute atomic E-state index is 0.296. The number of hydrogen-bond acceptors (Lipinski definition) is 8. The van der Waals surface area contributed by atoms with Crippen molar-refractivity contribution < 1.29 is 18.4 Å². The number of aliphatic hydroxyl groups excluding tert-OH is 1. The standard InChI is InChI=1S/C12H27ClO4S4Si/c1-4-15-22(16-5-2,17-6-3)9-7-8-18-20-21-19-11-12(14)10-13/h12,14H,4-11H2,1-3H3. The molecule has 0 heterocycles. The molecule has 134 valence electrons. The second kappa shape index (κ2) is 16.2. The first kappa shape index (κ1) is 23.7. The number of rotatable bonds is 16. The predicted octanol–water partition coefficient (Wildman–Crippen LogP) is 4.70. The lowest BCUT2D eigenvalue weighted by atomic mass is 10.5. The molecule has 1 unspecified atom stereocenters. The number of hydrogen-bond donors (Lipinski definition) is 1. The van der Waals surface area contributed by atoms with Crippen molar-refractivity contribution in [2.45, 2.75) is 39.3 Å². The molecule has 0 spiro atoms. The molecule has 0 aromatic heterocycles. The predicted molar refractivity (Wildman–Crippen MR) is 107 cm³/mol. The Kier molecular flexibility index (Phi) is 17.5. The van der Waals surface area contributed by atoms with Crippen molar-refractivity contribution in [3.05, 3.63) is 0 Å². The van der Waals surface area contributed by atoms with Crippen LogP contribution in [0.3, 0.4) is 0 Å². The van der Waals surface area contributed by atoms with Gasteiger partial charge >= 0.3 is 8.80 Å². The van der Waals surface area contributed by atoms with Crippen molar-refractivity contribution in [3.8, 4) is 0 Å². The van der Waals surface area contributed by atoms with E-state index in [1.807, 2.05) is 31.6 Å². The van der Waals surface area contributed by atoms with Gasteiger partial charge in [0, 0.05) is 43.3 Å². The Bertz CT molecular complexity index is 240. The fraction of sp³-hybridized carbons (Fsp3) is 1.00. The maximum absolute atomic E-state index is 9.32. The summed E-state index contributed by atoms with van der Waals surface area (Å²) in [5.41, 5.74) is 0. The molecule has 22 heavy (non-hydrogen) atoms. The van der Waals surface area contributed by atoms with Crippen molar-refractivity contribution in [2.75, 3.05) is 37.2 Å². The maximum Gasteiger partial charge on any atom is 0.500 e. The summed E-state index contributed by atoms with van der Waals surface area (Å²) >= 11 is 5.54. The average Bonchev–Trinajstić information content (AvgIpc) is 2.50. The van der Waals surface area contributed by atoms with E-state index in [0.29, 0.717) is 31.5 Å². The van der Waals surface area contributed by atoms with E-state index in [2.05, 4.69) is 0 Å². The van der Waals surface area contributed by atoms with E-state index >= 15 is 0 Å². The fourth-order valence-electron chi connectivity index (χ4n) is 1.57. The van der Waals surface area contributed by atoms with Crippen LogP contribution in [0.2, 0.25) is 6.04 Å². The van der Waals surface area contributed by atoms with Gasteiger partial charge in [0.2, 0.25) is 0 Å². The van der Waals surface area contributed by atoms with Crippen LogP contribution in [-0.2, 0) is 13.3 Å². The highest BCUT2D eigenvalue weighted by Crippen LogP contribution is 2.43. The van der Waals surface area contributed by atoms with E-state index in [4.69, 9.17) is 24.9 Å². The van der Waals surface area contributed by atoms with Crippen LogP contribution < -0.4 is 0 Å². The second-order valence-electron chi connectivity index (χ2n) is 4.14. The topological polar surface area (TPSA) is 47.9 Å². The summed E-state index contributed by atoms with van der Waals surface area (Å²) in [5, 5.41) is 9.32.